The first-order chi connectivity index (χ1) is 16.1. The summed E-state index contributed by atoms with van der Waals surface area (Å²) in [6.07, 6.45) is 9.79. The number of carbonyl (C=O) groups is 1. The standard InChI is InChI=1S/C31H38O3/c1-21(16-29(32)33)10-9-13-23-17-24(23)25-18-26-27(31(4,5)15-14-30(26,2)3)19-28(25)34-20-22-11-7-6-8-12-22/h6-12,16,18-19,23-24H,13-15,17,20H2,1-5H3,(H,32,33)/b10-9+,21-16+. The summed E-state index contributed by atoms with van der Waals surface area (Å²) in [6, 6.07) is 15.2. The van der Waals surface area contributed by atoms with Gasteiger partial charge in [0, 0.05) is 6.08 Å². The summed E-state index contributed by atoms with van der Waals surface area (Å²) in [5, 5.41) is 8.91. The zero-order valence-electron chi connectivity index (χ0n) is 21.2. The Hall–Kier alpha value is -2.81. The number of hydrogen-bond acceptors (Lipinski definition) is 2. The van der Waals surface area contributed by atoms with Crippen LogP contribution in [0.4, 0.5) is 0 Å². The molecule has 2 aliphatic rings. The van der Waals surface area contributed by atoms with E-state index >= 15 is 0 Å². The Kier molecular flexibility index (Phi) is 6.75. The number of allylic oxidation sites excluding steroid dienone is 3. The molecule has 0 radical (unpaired) electrons. The van der Waals surface area contributed by atoms with Crippen molar-refractivity contribution in [3.63, 3.8) is 0 Å². The molecule has 2 unspecified atom stereocenters. The summed E-state index contributed by atoms with van der Waals surface area (Å²) in [7, 11) is 0. The Balaban J connectivity index is 1.61. The molecule has 2 aliphatic carbocycles. The fourth-order valence-corrected chi connectivity index (χ4v) is 5.32. The molecule has 2 aromatic rings. The van der Waals surface area contributed by atoms with Gasteiger partial charge >= 0.3 is 5.97 Å². The third kappa shape index (κ3) is 5.46. The van der Waals surface area contributed by atoms with Crippen LogP contribution < -0.4 is 4.74 Å². The van der Waals surface area contributed by atoms with Crippen LogP contribution >= 0.6 is 0 Å². The Bertz CT molecular complexity index is 1100. The van der Waals surface area contributed by atoms with Gasteiger partial charge in [0.05, 0.1) is 0 Å². The summed E-state index contributed by atoms with van der Waals surface area (Å²) in [5.41, 5.74) is 6.52. The van der Waals surface area contributed by atoms with Crippen molar-refractivity contribution < 1.29 is 14.6 Å². The van der Waals surface area contributed by atoms with Crippen LogP contribution in [0.1, 0.15) is 88.5 Å². The van der Waals surface area contributed by atoms with Crippen LogP contribution in [0.3, 0.4) is 0 Å². The van der Waals surface area contributed by atoms with E-state index in [0.717, 1.165) is 24.2 Å². The number of hydrogen-bond donors (Lipinski definition) is 1. The summed E-state index contributed by atoms with van der Waals surface area (Å²) in [6.45, 7) is 11.9. The zero-order valence-corrected chi connectivity index (χ0v) is 21.2. The van der Waals surface area contributed by atoms with E-state index in [1.54, 1.807) is 0 Å². The van der Waals surface area contributed by atoms with Gasteiger partial charge in [-0.15, -0.1) is 0 Å². The fourth-order valence-electron chi connectivity index (χ4n) is 5.32. The molecule has 34 heavy (non-hydrogen) atoms. The van der Waals surface area contributed by atoms with Gasteiger partial charge in [-0.1, -0.05) is 76.2 Å². The number of ether oxygens (including phenoxy) is 1. The van der Waals surface area contributed by atoms with Crippen molar-refractivity contribution in [3.05, 3.63) is 88.5 Å². The molecule has 1 fully saturated rings. The van der Waals surface area contributed by atoms with Gasteiger partial charge in [-0.2, -0.15) is 0 Å². The van der Waals surface area contributed by atoms with Crippen molar-refractivity contribution in [2.45, 2.75) is 83.7 Å². The third-order valence-electron chi connectivity index (χ3n) is 7.71. The lowest BCUT2D eigenvalue weighted by atomic mass is 9.62. The second-order valence-electron chi connectivity index (χ2n) is 11.4. The highest BCUT2D eigenvalue weighted by Gasteiger charge is 2.43. The molecule has 1 saturated carbocycles. The summed E-state index contributed by atoms with van der Waals surface area (Å²) in [5.74, 6) is 1.20. The maximum Gasteiger partial charge on any atom is 0.328 e. The van der Waals surface area contributed by atoms with Gasteiger partial charge in [-0.3, -0.25) is 0 Å². The summed E-state index contributed by atoms with van der Waals surface area (Å²) >= 11 is 0. The van der Waals surface area contributed by atoms with Gasteiger partial charge in [0.25, 0.3) is 0 Å². The van der Waals surface area contributed by atoms with E-state index in [1.807, 2.05) is 19.1 Å². The molecule has 0 bridgehead atoms. The zero-order chi connectivity index (χ0) is 24.5. The maximum absolute atomic E-state index is 10.8. The van der Waals surface area contributed by atoms with E-state index < -0.39 is 5.97 Å². The molecule has 0 amide bonds. The molecular weight excluding hydrogens is 420 g/mol. The molecule has 0 spiro atoms. The smallest absolute Gasteiger partial charge is 0.328 e. The van der Waals surface area contributed by atoms with E-state index in [0.29, 0.717) is 18.4 Å². The van der Waals surface area contributed by atoms with Gasteiger partial charge in [-0.25, -0.2) is 4.79 Å². The van der Waals surface area contributed by atoms with E-state index in [-0.39, 0.29) is 10.8 Å². The Morgan fingerprint density at radius 2 is 1.71 bits per heavy atom. The largest absolute Gasteiger partial charge is 0.489 e. The monoisotopic (exact) mass is 458 g/mol. The van der Waals surface area contributed by atoms with E-state index in [9.17, 15) is 4.79 Å². The number of rotatable bonds is 8. The molecule has 0 saturated heterocycles. The second kappa shape index (κ2) is 9.44. The topological polar surface area (TPSA) is 46.5 Å². The Morgan fingerprint density at radius 3 is 2.35 bits per heavy atom. The Morgan fingerprint density at radius 1 is 1.06 bits per heavy atom. The van der Waals surface area contributed by atoms with Gasteiger partial charge in [0.1, 0.15) is 12.4 Å². The first kappa shape index (κ1) is 24.3. The number of carboxylic acids is 1. The molecule has 3 heteroatoms. The van der Waals surface area contributed by atoms with Crippen molar-refractivity contribution >= 4 is 5.97 Å². The van der Waals surface area contributed by atoms with Crippen molar-refractivity contribution in [2.24, 2.45) is 5.92 Å². The predicted octanol–water partition coefficient (Wildman–Crippen LogP) is 7.70. The van der Waals surface area contributed by atoms with Crippen LogP contribution in [-0.2, 0) is 22.2 Å². The molecule has 3 nitrogen and oxygen atoms in total. The molecular formula is C31H38O3. The van der Waals surface area contributed by atoms with Gasteiger partial charge < -0.3 is 9.84 Å². The molecule has 0 aromatic heterocycles. The van der Waals surface area contributed by atoms with Crippen LogP contribution in [0.5, 0.6) is 5.75 Å². The molecule has 1 N–H and O–H groups in total. The predicted molar refractivity (Wildman–Crippen MR) is 138 cm³/mol. The fraction of sp³-hybridized carbons (Fsp3) is 0.452. The van der Waals surface area contributed by atoms with Crippen LogP contribution in [0.2, 0.25) is 0 Å². The first-order valence-corrected chi connectivity index (χ1v) is 12.5. The van der Waals surface area contributed by atoms with E-state index in [2.05, 4.69) is 70.2 Å². The first-order valence-electron chi connectivity index (χ1n) is 12.5. The average Bonchev–Trinajstić information content (AvgIpc) is 3.54. The quantitative estimate of drug-likeness (QED) is 0.326. The summed E-state index contributed by atoms with van der Waals surface area (Å²) in [4.78, 5) is 10.8. The highest BCUT2D eigenvalue weighted by Crippen LogP contribution is 2.56. The minimum Gasteiger partial charge on any atom is -0.489 e. The number of carboxylic acid groups (broad SMARTS) is 1. The van der Waals surface area contributed by atoms with Crippen molar-refractivity contribution in [1.29, 1.82) is 0 Å². The van der Waals surface area contributed by atoms with Crippen molar-refractivity contribution in [2.75, 3.05) is 0 Å². The summed E-state index contributed by atoms with van der Waals surface area (Å²) < 4.78 is 6.49. The molecule has 4 rings (SSSR count). The van der Waals surface area contributed by atoms with Crippen molar-refractivity contribution in [1.82, 2.24) is 0 Å². The minimum atomic E-state index is -0.897. The highest BCUT2D eigenvalue weighted by atomic mass is 16.5. The number of fused-ring (bicyclic) bond motifs is 1. The molecule has 0 aliphatic heterocycles. The number of benzene rings is 2. The van der Waals surface area contributed by atoms with Gasteiger partial charge in [-0.05, 0) is 89.2 Å². The normalized spacial score (nSPS) is 22.9. The van der Waals surface area contributed by atoms with Crippen LogP contribution in [0.25, 0.3) is 0 Å². The lowest BCUT2D eigenvalue weighted by Gasteiger charge is -2.42. The van der Waals surface area contributed by atoms with Crippen LogP contribution in [0, 0.1) is 5.92 Å². The molecule has 2 atom stereocenters. The molecule has 2 aromatic carbocycles. The lowest BCUT2D eigenvalue weighted by molar-refractivity contribution is -0.131. The molecule has 0 heterocycles. The van der Waals surface area contributed by atoms with Crippen LogP contribution in [-0.4, -0.2) is 11.1 Å². The number of aliphatic carboxylic acids is 1. The minimum absolute atomic E-state index is 0.147. The third-order valence-corrected chi connectivity index (χ3v) is 7.71. The Labute approximate surface area is 204 Å². The van der Waals surface area contributed by atoms with Gasteiger partial charge in [0.2, 0.25) is 0 Å². The van der Waals surface area contributed by atoms with Gasteiger partial charge in [0.15, 0.2) is 0 Å². The second-order valence-corrected chi connectivity index (χ2v) is 11.4. The average molecular weight is 459 g/mol. The maximum atomic E-state index is 10.8. The lowest BCUT2D eigenvalue weighted by Crippen LogP contribution is -2.34. The van der Waals surface area contributed by atoms with Crippen LogP contribution in [0.15, 0.2) is 66.3 Å². The highest BCUT2D eigenvalue weighted by molar-refractivity contribution is 5.81. The van der Waals surface area contributed by atoms with E-state index in [4.69, 9.17) is 9.84 Å². The molecule has 180 valence electrons. The van der Waals surface area contributed by atoms with E-state index in [1.165, 1.54) is 41.2 Å². The SMILES string of the molecule is CC(/C=C/CC1CC1c1cc2c(cc1OCc1ccccc1)C(C)(C)CCC2(C)C)=C\C(=O)O. The van der Waals surface area contributed by atoms with Crippen molar-refractivity contribution in [3.8, 4) is 5.75 Å².